The van der Waals surface area contributed by atoms with E-state index in [0.717, 1.165) is 22.3 Å². The lowest BCUT2D eigenvalue weighted by Gasteiger charge is -2.08. The number of rotatable bonds is 4. The van der Waals surface area contributed by atoms with Crippen molar-refractivity contribution in [2.24, 2.45) is 0 Å². The number of benzene rings is 1. The van der Waals surface area contributed by atoms with Crippen LogP contribution in [0.1, 0.15) is 32.9 Å². The van der Waals surface area contributed by atoms with Crippen LogP contribution in [0.3, 0.4) is 0 Å². The molecule has 0 aliphatic carbocycles. The summed E-state index contributed by atoms with van der Waals surface area (Å²) >= 11 is 0. The first-order valence-electron chi connectivity index (χ1n) is 9.11. The molecular weight excluding hydrogens is 370 g/mol. The lowest BCUT2D eigenvalue weighted by molar-refractivity contribution is 0.0473. The van der Waals surface area contributed by atoms with Gasteiger partial charge >= 0.3 is 11.6 Å². The molecule has 3 heterocycles. The van der Waals surface area contributed by atoms with Crippen LogP contribution in [0.5, 0.6) is 0 Å². The fourth-order valence-corrected chi connectivity index (χ4v) is 3.18. The maximum absolute atomic E-state index is 12.4. The summed E-state index contributed by atoms with van der Waals surface area (Å²) in [5.41, 5.74) is 3.72. The van der Waals surface area contributed by atoms with Crippen molar-refractivity contribution in [3.05, 3.63) is 87.2 Å². The van der Waals surface area contributed by atoms with Crippen molar-refractivity contribution >= 4 is 16.9 Å². The molecule has 0 aliphatic heterocycles. The van der Waals surface area contributed by atoms with Gasteiger partial charge in [0.25, 0.3) is 0 Å². The van der Waals surface area contributed by atoms with Crippen molar-refractivity contribution in [2.45, 2.75) is 27.4 Å². The Morgan fingerprint density at radius 2 is 1.93 bits per heavy atom. The molecule has 0 unspecified atom stereocenters. The Hall–Kier alpha value is -3.74. The molecule has 3 aromatic heterocycles. The topological polar surface area (TPSA) is 87.2 Å². The maximum atomic E-state index is 12.4. The molecule has 0 spiro atoms. The van der Waals surface area contributed by atoms with Crippen LogP contribution in [-0.4, -0.2) is 20.7 Å². The maximum Gasteiger partial charge on any atom is 0.340 e. The second-order valence-corrected chi connectivity index (χ2v) is 6.91. The summed E-state index contributed by atoms with van der Waals surface area (Å²) in [6, 6.07) is 12.2. The molecule has 4 rings (SSSR count). The van der Waals surface area contributed by atoms with Crippen LogP contribution in [0.25, 0.3) is 16.8 Å². The molecule has 0 saturated heterocycles. The van der Waals surface area contributed by atoms with Gasteiger partial charge in [-0.05, 0) is 50.6 Å². The SMILES string of the molecule is Cc1ccc2c(COC(=O)c3ccc(-n4nc(C)cc4C)nc3)cc(=O)oc2c1. The lowest BCUT2D eigenvalue weighted by Crippen LogP contribution is -2.09. The van der Waals surface area contributed by atoms with Gasteiger partial charge in [-0.25, -0.2) is 19.3 Å². The molecule has 0 aliphatic rings. The van der Waals surface area contributed by atoms with Gasteiger partial charge in [0, 0.05) is 28.9 Å². The highest BCUT2D eigenvalue weighted by Gasteiger charge is 2.12. The largest absolute Gasteiger partial charge is 0.457 e. The van der Waals surface area contributed by atoms with Crippen molar-refractivity contribution in [3.63, 3.8) is 0 Å². The number of carbonyl (C=O) groups is 1. The van der Waals surface area contributed by atoms with Crippen molar-refractivity contribution in [1.82, 2.24) is 14.8 Å². The van der Waals surface area contributed by atoms with E-state index in [4.69, 9.17) is 9.15 Å². The first kappa shape index (κ1) is 18.6. The van der Waals surface area contributed by atoms with Crippen LogP contribution >= 0.6 is 0 Å². The Bertz CT molecular complexity index is 1270. The van der Waals surface area contributed by atoms with Crippen molar-refractivity contribution in [3.8, 4) is 5.82 Å². The number of pyridine rings is 1. The molecule has 7 nitrogen and oxygen atoms in total. The van der Waals surface area contributed by atoms with Gasteiger partial charge in [-0.3, -0.25) is 0 Å². The molecular formula is C22H19N3O4. The average Bonchev–Trinajstić information content (AvgIpc) is 3.03. The fourth-order valence-electron chi connectivity index (χ4n) is 3.18. The number of nitrogens with zero attached hydrogens (tertiary/aromatic N) is 3. The molecule has 0 amide bonds. The summed E-state index contributed by atoms with van der Waals surface area (Å²) in [6.07, 6.45) is 1.45. The van der Waals surface area contributed by atoms with E-state index >= 15 is 0 Å². The Kier molecular flexibility index (Phi) is 4.72. The number of hydrogen-bond donors (Lipinski definition) is 0. The summed E-state index contributed by atoms with van der Waals surface area (Å²) in [7, 11) is 0. The Morgan fingerprint density at radius 1 is 1.10 bits per heavy atom. The molecule has 0 bridgehead atoms. The number of hydrogen-bond acceptors (Lipinski definition) is 6. The molecule has 29 heavy (non-hydrogen) atoms. The number of carbonyl (C=O) groups excluding carboxylic acids is 1. The highest BCUT2D eigenvalue weighted by atomic mass is 16.5. The van der Waals surface area contributed by atoms with Gasteiger partial charge in [0.2, 0.25) is 0 Å². The normalized spacial score (nSPS) is 11.0. The van der Waals surface area contributed by atoms with Gasteiger partial charge in [-0.1, -0.05) is 12.1 Å². The number of fused-ring (bicyclic) bond motifs is 1. The number of aromatic nitrogens is 3. The molecule has 1 aromatic carbocycles. The van der Waals surface area contributed by atoms with E-state index in [2.05, 4.69) is 10.1 Å². The number of esters is 1. The van der Waals surface area contributed by atoms with Gasteiger partial charge in [0.1, 0.15) is 12.2 Å². The molecule has 0 fully saturated rings. The van der Waals surface area contributed by atoms with Crippen LogP contribution in [-0.2, 0) is 11.3 Å². The van der Waals surface area contributed by atoms with Crippen LogP contribution in [0, 0.1) is 20.8 Å². The van der Waals surface area contributed by atoms with Crippen molar-refractivity contribution < 1.29 is 13.9 Å². The molecule has 0 atom stereocenters. The van der Waals surface area contributed by atoms with E-state index in [0.29, 0.717) is 22.5 Å². The summed E-state index contributed by atoms with van der Waals surface area (Å²) in [6.45, 7) is 5.72. The van der Waals surface area contributed by atoms with Crippen molar-refractivity contribution in [1.29, 1.82) is 0 Å². The van der Waals surface area contributed by atoms with E-state index in [-0.39, 0.29) is 6.61 Å². The molecule has 7 heteroatoms. The standard InChI is InChI=1S/C22H19N3O4/c1-13-4-6-18-17(10-21(26)29-19(18)8-13)12-28-22(27)16-5-7-20(23-11-16)25-15(3)9-14(2)24-25/h4-11H,12H2,1-3H3. The summed E-state index contributed by atoms with van der Waals surface area (Å²) in [5.74, 6) is 0.0973. The van der Waals surface area contributed by atoms with Gasteiger partial charge in [0.05, 0.1) is 11.3 Å². The summed E-state index contributed by atoms with van der Waals surface area (Å²) in [5, 5.41) is 5.11. The third kappa shape index (κ3) is 3.80. The second-order valence-electron chi connectivity index (χ2n) is 6.91. The van der Waals surface area contributed by atoms with Gasteiger partial charge in [-0.2, -0.15) is 5.10 Å². The molecule has 146 valence electrons. The molecule has 4 aromatic rings. The Morgan fingerprint density at radius 3 is 2.62 bits per heavy atom. The second kappa shape index (κ2) is 7.35. The van der Waals surface area contributed by atoms with Crippen LogP contribution in [0.4, 0.5) is 0 Å². The monoisotopic (exact) mass is 389 g/mol. The number of ether oxygens (including phenoxy) is 1. The molecule has 0 radical (unpaired) electrons. The Balaban J connectivity index is 1.52. The highest BCUT2D eigenvalue weighted by Crippen LogP contribution is 2.20. The highest BCUT2D eigenvalue weighted by molar-refractivity contribution is 5.89. The van der Waals surface area contributed by atoms with E-state index in [1.807, 2.05) is 39.0 Å². The Labute approximate surface area is 166 Å². The minimum absolute atomic E-state index is 0.0385. The zero-order chi connectivity index (χ0) is 20.5. The quantitative estimate of drug-likeness (QED) is 0.391. The lowest BCUT2D eigenvalue weighted by atomic mass is 10.1. The first-order chi connectivity index (χ1) is 13.9. The van der Waals surface area contributed by atoms with Crippen LogP contribution in [0.15, 0.2) is 57.9 Å². The average molecular weight is 389 g/mol. The van der Waals surface area contributed by atoms with E-state index < -0.39 is 11.6 Å². The van der Waals surface area contributed by atoms with Crippen LogP contribution < -0.4 is 5.63 Å². The van der Waals surface area contributed by atoms with Gasteiger partial charge in [-0.15, -0.1) is 0 Å². The van der Waals surface area contributed by atoms with Crippen molar-refractivity contribution in [2.75, 3.05) is 0 Å². The van der Waals surface area contributed by atoms with E-state index in [9.17, 15) is 9.59 Å². The predicted molar refractivity (Wildman–Crippen MR) is 107 cm³/mol. The molecule has 0 saturated carbocycles. The smallest absolute Gasteiger partial charge is 0.340 e. The third-order valence-corrected chi connectivity index (χ3v) is 4.55. The van der Waals surface area contributed by atoms with Gasteiger partial charge in [0.15, 0.2) is 5.82 Å². The first-order valence-corrected chi connectivity index (χ1v) is 9.11. The predicted octanol–water partition coefficient (Wildman–Crippen LogP) is 3.66. The van der Waals surface area contributed by atoms with Gasteiger partial charge < -0.3 is 9.15 Å². The fraction of sp³-hybridized carbons (Fsp3) is 0.182. The zero-order valence-electron chi connectivity index (χ0n) is 16.3. The van der Waals surface area contributed by atoms with Crippen LogP contribution in [0.2, 0.25) is 0 Å². The minimum atomic E-state index is -0.522. The summed E-state index contributed by atoms with van der Waals surface area (Å²) in [4.78, 5) is 28.5. The third-order valence-electron chi connectivity index (χ3n) is 4.55. The minimum Gasteiger partial charge on any atom is -0.457 e. The summed E-state index contributed by atoms with van der Waals surface area (Å²) < 4.78 is 12.3. The molecule has 0 N–H and O–H groups in total. The zero-order valence-corrected chi connectivity index (χ0v) is 16.3. The number of aryl methyl sites for hydroxylation is 3. The van der Waals surface area contributed by atoms with E-state index in [1.54, 1.807) is 22.9 Å². The van der Waals surface area contributed by atoms with E-state index in [1.165, 1.54) is 12.3 Å².